The van der Waals surface area contributed by atoms with Crippen molar-refractivity contribution in [3.63, 3.8) is 0 Å². The molecule has 0 spiro atoms. The van der Waals surface area contributed by atoms with E-state index in [0.717, 1.165) is 0 Å². The molecule has 2 rings (SSSR count). The number of carbonyl (C=O) groups excluding carboxylic acids is 1. The highest BCUT2D eigenvalue weighted by molar-refractivity contribution is 9.10. The van der Waals surface area contributed by atoms with Crippen molar-refractivity contribution < 1.29 is 13.9 Å². The highest BCUT2D eigenvalue weighted by atomic mass is 79.9. The van der Waals surface area contributed by atoms with Crippen LogP contribution in [-0.4, -0.2) is 13.0 Å². The van der Waals surface area contributed by atoms with Crippen molar-refractivity contribution in [1.82, 2.24) is 0 Å². The van der Waals surface area contributed by atoms with Crippen molar-refractivity contribution in [1.29, 1.82) is 0 Å². The quantitative estimate of drug-likeness (QED) is 0.842. The summed E-state index contributed by atoms with van der Waals surface area (Å²) in [7, 11) is 1.47. The number of nitrogens with two attached hydrogens (primary N) is 1. The first-order chi connectivity index (χ1) is 9.52. The molecule has 1 amide bonds. The van der Waals surface area contributed by atoms with E-state index in [-0.39, 0.29) is 10.0 Å². The number of anilines is 2. The third-order valence-corrected chi connectivity index (χ3v) is 3.48. The molecular formula is C14H12BrFN2O2. The van der Waals surface area contributed by atoms with Crippen molar-refractivity contribution >= 4 is 33.2 Å². The Morgan fingerprint density at radius 3 is 2.80 bits per heavy atom. The predicted octanol–water partition coefficient (Wildman–Crippen LogP) is 3.43. The average Bonchev–Trinajstić information content (AvgIpc) is 2.43. The van der Waals surface area contributed by atoms with Gasteiger partial charge in [-0.05, 0) is 40.2 Å². The van der Waals surface area contributed by atoms with Gasteiger partial charge in [0.25, 0.3) is 5.91 Å². The van der Waals surface area contributed by atoms with Crippen molar-refractivity contribution in [3.05, 3.63) is 52.3 Å². The molecule has 0 aliphatic carbocycles. The van der Waals surface area contributed by atoms with Crippen LogP contribution in [0.3, 0.4) is 0 Å². The van der Waals surface area contributed by atoms with E-state index in [2.05, 4.69) is 21.2 Å². The molecule has 0 saturated heterocycles. The minimum absolute atomic E-state index is 0.118. The third-order valence-electron chi connectivity index (χ3n) is 2.67. The molecule has 0 aromatic heterocycles. The zero-order valence-electron chi connectivity index (χ0n) is 10.6. The van der Waals surface area contributed by atoms with Gasteiger partial charge in [0.1, 0.15) is 11.6 Å². The summed E-state index contributed by atoms with van der Waals surface area (Å²) < 4.78 is 18.7. The first-order valence-corrected chi connectivity index (χ1v) is 6.51. The molecule has 6 heteroatoms. The van der Waals surface area contributed by atoms with E-state index in [0.29, 0.717) is 17.1 Å². The Morgan fingerprint density at radius 1 is 1.35 bits per heavy atom. The molecule has 0 fully saturated rings. The lowest BCUT2D eigenvalue weighted by atomic mass is 10.2. The first-order valence-electron chi connectivity index (χ1n) is 5.72. The van der Waals surface area contributed by atoms with Crippen molar-refractivity contribution in [3.8, 4) is 5.75 Å². The highest BCUT2D eigenvalue weighted by Crippen LogP contribution is 2.28. The minimum atomic E-state index is -0.498. The Bertz CT molecular complexity index is 662. The van der Waals surface area contributed by atoms with E-state index in [1.54, 1.807) is 18.2 Å². The molecule has 0 unspecified atom stereocenters. The Kier molecular flexibility index (Phi) is 4.24. The zero-order valence-corrected chi connectivity index (χ0v) is 12.2. The molecule has 0 radical (unpaired) electrons. The van der Waals surface area contributed by atoms with Gasteiger partial charge in [-0.15, -0.1) is 0 Å². The van der Waals surface area contributed by atoms with Gasteiger partial charge in [-0.2, -0.15) is 0 Å². The molecule has 0 aliphatic rings. The molecule has 0 heterocycles. The standard InChI is InChI=1S/C14H12BrFN2O2/c1-20-12-7-8(17)5-6-11(12)18-14(19)9-3-2-4-10(16)13(9)15/h2-7H,17H2,1H3,(H,18,19). The van der Waals surface area contributed by atoms with E-state index in [9.17, 15) is 9.18 Å². The van der Waals surface area contributed by atoms with Gasteiger partial charge in [-0.1, -0.05) is 6.07 Å². The predicted molar refractivity (Wildman–Crippen MR) is 79.5 cm³/mol. The molecule has 0 atom stereocenters. The van der Waals surface area contributed by atoms with Gasteiger partial charge >= 0.3 is 0 Å². The van der Waals surface area contributed by atoms with Gasteiger partial charge in [0.15, 0.2) is 0 Å². The van der Waals surface area contributed by atoms with Crippen LogP contribution < -0.4 is 15.8 Å². The summed E-state index contributed by atoms with van der Waals surface area (Å²) in [6.07, 6.45) is 0. The van der Waals surface area contributed by atoms with Crippen LogP contribution in [-0.2, 0) is 0 Å². The smallest absolute Gasteiger partial charge is 0.257 e. The third kappa shape index (κ3) is 2.91. The number of carbonyl (C=O) groups is 1. The second kappa shape index (κ2) is 5.92. The number of rotatable bonds is 3. The second-order valence-electron chi connectivity index (χ2n) is 4.02. The number of benzene rings is 2. The van der Waals surface area contributed by atoms with Crippen LogP contribution in [0.2, 0.25) is 0 Å². The van der Waals surface area contributed by atoms with E-state index < -0.39 is 11.7 Å². The highest BCUT2D eigenvalue weighted by Gasteiger charge is 2.15. The van der Waals surface area contributed by atoms with Crippen LogP contribution in [0, 0.1) is 5.82 Å². The van der Waals surface area contributed by atoms with Gasteiger partial charge in [0, 0.05) is 11.8 Å². The molecule has 2 aromatic carbocycles. The Hall–Kier alpha value is -2.08. The van der Waals surface area contributed by atoms with Gasteiger partial charge in [0.2, 0.25) is 0 Å². The summed E-state index contributed by atoms with van der Waals surface area (Å²) in [5.74, 6) is -0.507. The SMILES string of the molecule is COc1cc(N)ccc1NC(=O)c1cccc(F)c1Br. The maximum absolute atomic E-state index is 13.4. The molecule has 3 N–H and O–H groups in total. The maximum Gasteiger partial charge on any atom is 0.257 e. The largest absolute Gasteiger partial charge is 0.494 e. The van der Waals surface area contributed by atoms with Gasteiger partial charge in [-0.25, -0.2) is 4.39 Å². The fourth-order valence-electron chi connectivity index (χ4n) is 1.68. The molecule has 4 nitrogen and oxygen atoms in total. The van der Waals surface area contributed by atoms with Gasteiger partial charge in [-0.3, -0.25) is 4.79 Å². The Morgan fingerprint density at radius 2 is 2.10 bits per heavy atom. The minimum Gasteiger partial charge on any atom is -0.494 e. The summed E-state index contributed by atoms with van der Waals surface area (Å²) in [5, 5.41) is 2.66. The fraction of sp³-hybridized carbons (Fsp3) is 0.0714. The Labute approximate surface area is 123 Å². The number of methoxy groups -OCH3 is 1. The van der Waals surface area contributed by atoms with Crippen LogP contribution in [0.4, 0.5) is 15.8 Å². The summed E-state index contributed by atoms with van der Waals surface area (Å²) in [4.78, 5) is 12.1. The first kappa shape index (κ1) is 14.3. The van der Waals surface area contributed by atoms with Crippen LogP contribution >= 0.6 is 15.9 Å². The summed E-state index contributed by atoms with van der Waals surface area (Å²) in [6, 6.07) is 9.11. The van der Waals surface area contributed by atoms with Crippen LogP contribution in [0.25, 0.3) is 0 Å². The maximum atomic E-state index is 13.4. The van der Waals surface area contributed by atoms with E-state index in [1.807, 2.05) is 0 Å². The number of amides is 1. The van der Waals surface area contributed by atoms with E-state index in [1.165, 1.54) is 25.3 Å². The lowest BCUT2D eigenvalue weighted by molar-refractivity contribution is 0.102. The average molecular weight is 339 g/mol. The number of hydrogen-bond acceptors (Lipinski definition) is 3. The van der Waals surface area contributed by atoms with Gasteiger partial charge < -0.3 is 15.8 Å². The van der Waals surface area contributed by atoms with Crippen LogP contribution in [0.1, 0.15) is 10.4 Å². The fourth-order valence-corrected chi connectivity index (χ4v) is 2.12. The summed E-state index contributed by atoms with van der Waals surface area (Å²) in [6.45, 7) is 0. The van der Waals surface area contributed by atoms with Crippen molar-refractivity contribution in [2.45, 2.75) is 0 Å². The summed E-state index contributed by atoms with van der Waals surface area (Å²) >= 11 is 3.05. The molecule has 0 bridgehead atoms. The topological polar surface area (TPSA) is 64.3 Å². The molecule has 0 aliphatic heterocycles. The van der Waals surface area contributed by atoms with Crippen molar-refractivity contribution in [2.24, 2.45) is 0 Å². The van der Waals surface area contributed by atoms with Crippen LogP contribution in [0.5, 0.6) is 5.75 Å². The van der Waals surface area contributed by atoms with Crippen LogP contribution in [0.15, 0.2) is 40.9 Å². The monoisotopic (exact) mass is 338 g/mol. The Balaban J connectivity index is 2.30. The normalized spacial score (nSPS) is 10.2. The second-order valence-corrected chi connectivity index (χ2v) is 4.81. The molecule has 0 saturated carbocycles. The lowest BCUT2D eigenvalue weighted by Gasteiger charge is -2.11. The van der Waals surface area contributed by atoms with E-state index in [4.69, 9.17) is 10.5 Å². The lowest BCUT2D eigenvalue weighted by Crippen LogP contribution is -2.14. The van der Waals surface area contributed by atoms with Crippen molar-refractivity contribution in [2.75, 3.05) is 18.2 Å². The molecule has 2 aromatic rings. The molecule has 104 valence electrons. The number of ether oxygens (including phenoxy) is 1. The van der Waals surface area contributed by atoms with E-state index >= 15 is 0 Å². The zero-order chi connectivity index (χ0) is 14.7. The molecule has 20 heavy (non-hydrogen) atoms. The molecular weight excluding hydrogens is 327 g/mol. The number of hydrogen-bond donors (Lipinski definition) is 2. The number of nitrogen functional groups attached to an aromatic ring is 1. The number of nitrogens with one attached hydrogen (secondary N) is 1. The number of halogens is 2. The van der Waals surface area contributed by atoms with Gasteiger partial charge in [0.05, 0.1) is 22.8 Å². The summed E-state index contributed by atoms with van der Waals surface area (Å²) in [5.41, 5.74) is 6.82.